The van der Waals surface area contributed by atoms with Gasteiger partial charge in [-0.15, -0.1) is 0 Å². The molecule has 0 amide bonds. The molecule has 2 aliphatic rings. The van der Waals surface area contributed by atoms with E-state index in [1.54, 1.807) is 22.5 Å². The van der Waals surface area contributed by atoms with Crippen LogP contribution in [-0.4, -0.2) is 36.5 Å². The first-order chi connectivity index (χ1) is 10.4. The van der Waals surface area contributed by atoms with Crippen molar-refractivity contribution in [3.8, 4) is 0 Å². The lowest BCUT2D eigenvalue weighted by Crippen LogP contribution is -2.37. The average molecular weight is 324 g/mol. The van der Waals surface area contributed by atoms with E-state index in [1.165, 1.54) is 12.5 Å². The first-order valence-electron chi connectivity index (χ1n) is 7.62. The maximum atomic E-state index is 12.5. The van der Waals surface area contributed by atoms with Crippen LogP contribution in [0.5, 0.6) is 0 Å². The lowest BCUT2D eigenvalue weighted by Gasteiger charge is -2.38. The molecular weight excluding hydrogens is 304 g/mol. The van der Waals surface area contributed by atoms with Crippen LogP contribution in [0, 0.1) is 15.5 Å². The third-order valence-corrected chi connectivity index (χ3v) is 6.85. The Morgan fingerprint density at radius 3 is 2.55 bits per heavy atom. The smallest absolute Gasteiger partial charge is 0.258 e. The van der Waals surface area contributed by atoms with Crippen LogP contribution in [0.15, 0.2) is 24.3 Å². The van der Waals surface area contributed by atoms with E-state index in [2.05, 4.69) is 0 Å². The molecule has 1 spiro atoms. The first-order valence-corrected chi connectivity index (χ1v) is 9.23. The van der Waals surface area contributed by atoms with Gasteiger partial charge in [0.25, 0.3) is 5.69 Å². The Bertz CT molecular complexity index is 683. The Morgan fingerprint density at radius 2 is 1.95 bits per heavy atom. The van der Waals surface area contributed by atoms with Crippen molar-refractivity contribution in [3.05, 3.63) is 39.9 Å². The summed E-state index contributed by atoms with van der Waals surface area (Å²) in [5.41, 5.74) is 0.703. The molecule has 0 radical (unpaired) electrons. The quantitative estimate of drug-likeness (QED) is 0.615. The minimum atomic E-state index is -3.34. The van der Waals surface area contributed by atoms with Gasteiger partial charge in [0.05, 0.1) is 10.7 Å². The van der Waals surface area contributed by atoms with Gasteiger partial charge in [0.15, 0.2) is 0 Å². The van der Waals surface area contributed by atoms with Crippen LogP contribution >= 0.6 is 0 Å². The third kappa shape index (κ3) is 2.87. The van der Waals surface area contributed by atoms with E-state index in [0.29, 0.717) is 18.7 Å². The van der Waals surface area contributed by atoms with Gasteiger partial charge in [-0.05, 0) is 31.1 Å². The zero-order chi connectivity index (χ0) is 15.8. The van der Waals surface area contributed by atoms with Crippen molar-refractivity contribution in [2.24, 2.45) is 5.41 Å². The first kappa shape index (κ1) is 15.4. The molecule has 22 heavy (non-hydrogen) atoms. The van der Waals surface area contributed by atoms with E-state index in [9.17, 15) is 18.5 Å². The summed E-state index contributed by atoms with van der Waals surface area (Å²) >= 11 is 0. The second-order valence-electron chi connectivity index (χ2n) is 6.39. The summed E-state index contributed by atoms with van der Waals surface area (Å²) < 4.78 is 26.5. The van der Waals surface area contributed by atoms with Crippen molar-refractivity contribution >= 4 is 15.7 Å². The predicted molar refractivity (Wildman–Crippen MR) is 83.1 cm³/mol. The van der Waals surface area contributed by atoms with Crippen molar-refractivity contribution in [2.75, 3.05) is 18.8 Å². The van der Waals surface area contributed by atoms with Gasteiger partial charge in [-0.25, -0.2) is 12.7 Å². The minimum Gasteiger partial charge on any atom is -0.258 e. The van der Waals surface area contributed by atoms with Gasteiger partial charge < -0.3 is 0 Å². The molecule has 0 aromatic heterocycles. The molecule has 1 saturated carbocycles. The highest BCUT2D eigenvalue weighted by molar-refractivity contribution is 7.89. The fourth-order valence-electron chi connectivity index (χ4n) is 3.48. The van der Waals surface area contributed by atoms with Crippen molar-refractivity contribution in [3.63, 3.8) is 0 Å². The molecule has 1 aromatic carbocycles. The van der Waals surface area contributed by atoms with E-state index in [1.807, 2.05) is 0 Å². The maximum absolute atomic E-state index is 12.5. The fourth-order valence-corrected chi connectivity index (χ4v) is 5.06. The molecule has 0 atom stereocenters. The van der Waals surface area contributed by atoms with E-state index >= 15 is 0 Å². The summed E-state index contributed by atoms with van der Waals surface area (Å²) in [6.45, 7) is 1.23. The molecule has 120 valence electrons. The van der Waals surface area contributed by atoms with E-state index < -0.39 is 14.9 Å². The third-order valence-electron chi connectivity index (χ3n) is 5.03. The normalized spacial score (nSPS) is 20.9. The van der Waals surface area contributed by atoms with Gasteiger partial charge >= 0.3 is 0 Å². The molecule has 1 aliphatic heterocycles. The Kier molecular flexibility index (Phi) is 3.94. The molecule has 6 nitrogen and oxygen atoms in total. The number of nitro benzene ring substituents is 1. The number of rotatable bonds is 5. The Labute approximate surface area is 130 Å². The van der Waals surface area contributed by atoms with Gasteiger partial charge in [-0.3, -0.25) is 10.1 Å². The Morgan fingerprint density at radius 1 is 1.23 bits per heavy atom. The van der Waals surface area contributed by atoms with E-state index in [-0.39, 0.29) is 23.3 Å². The summed E-state index contributed by atoms with van der Waals surface area (Å²) in [6, 6.07) is 6.34. The zero-order valence-corrected chi connectivity index (χ0v) is 13.2. The maximum Gasteiger partial charge on any atom is 0.272 e. The number of sulfonamides is 1. The van der Waals surface area contributed by atoms with Crippen molar-refractivity contribution in [1.29, 1.82) is 0 Å². The molecule has 1 saturated heterocycles. The molecule has 1 aromatic rings. The summed E-state index contributed by atoms with van der Waals surface area (Å²) in [5, 5.41) is 11.0. The van der Waals surface area contributed by atoms with Gasteiger partial charge in [0, 0.05) is 24.7 Å². The highest BCUT2D eigenvalue weighted by Crippen LogP contribution is 2.48. The molecule has 0 unspecified atom stereocenters. The average Bonchev–Trinajstić information content (AvgIpc) is 2.92. The van der Waals surface area contributed by atoms with Crippen LogP contribution in [0.25, 0.3) is 0 Å². The molecular formula is C15H20N2O4S. The van der Waals surface area contributed by atoms with Crippen LogP contribution in [0.2, 0.25) is 0 Å². The van der Waals surface area contributed by atoms with Crippen LogP contribution < -0.4 is 0 Å². The zero-order valence-electron chi connectivity index (χ0n) is 12.4. The highest BCUT2D eigenvalue weighted by atomic mass is 32.2. The number of benzene rings is 1. The number of nitro groups is 1. The summed E-state index contributed by atoms with van der Waals surface area (Å²) in [7, 11) is -3.34. The molecule has 1 aliphatic carbocycles. The second kappa shape index (κ2) is 5.62. The largest absolute Gasteiger partial charge is 0.272 e. The lowest BCUT2D eigenvalue weighted by molar-refractivity contribution is -0.385. The number of nitrogens with zero attached hydrogens (tertiary/aromatic N) is 2. The van der Waals surface area contributed by atoms with Gasteiger partial charge in [0.1, 0.15) is 0 Å². The number of hydrogen-bond acceptors (Lipinski definition) is 4. The lowest BCUT2D eigenvalue weighted by atomic mass is 9.68. The van der Waals surface area contributed by atoms with Gasteiger partial charge in [0.2, 0.25) is 10.0 Å². The van der Waals surface area contributed by atoms with Crippen LogP contribution in [0.4, 0.5) is 5.69 Å². The Hall–Kier alpha value is -1.47. The molecule has 1 heterocycles. The van der Waals surface area contributed by atoms with Crippen LogP contribution in [0.3, 0.4) is 0 Å². The standard InChI is InChI=1S/C15H20N2O4S/c18-17(19)14-5-2-1-4-13(14)6-11-22(20,21)16-10-9-15(12-16)7-3-8-15/h1-2,4-5H,3,6-12H2. The van der Waals surface area contributed by atoms with Gasteiger partial charge in [-0.1, -0.05) is 24.6 Å². The molecule has 3 rings (SSSR count). The summed E-state index contributed by atoms with van der Waals surface area (Å²) in [6.07, 6.45) is 4.59. The molecule has 0 N–H and O–H groups in total. The number of aryl methyl sites for hydroxylation is 1. The SMILES string of the molecule is O=[N+]([O-])c1ccccc1CCS(=O)(=O)N1CCC2(CCC2)C1. The Balaban J connectivity index is 1.67. The molecule has 0 bridgehead atoms. The monoisotopic (exact) mass is 324 g/mol. The topological polar surface area (TPSA) is 80.5 Å². The van der Waals surface area contributed by atoms with E-state index in [0.717, 1.165) is 19.3 Å². The van der Waals surface area contributed by atoms with Crippen LogP contribution in [0.1, 0.15) is 31.2 Å². The number of para-hydroxylation sites is 1. The van der Waals surface area contributed by atoms with Crippen LogP contribution in [-0.2, 0) is 16.4 Å². The van der Waals surface area contributed by atoms with E-state index in [4.69, 9.17) is 0 Å². The summed E-state index contributed by atoms with van der Waals surface area (Å²) in [5.74, 6) is -0.0616. The predicted octanol–water partition coefficient (Wildman–Crippen LogP) is 2.34. The minimum absolute atomic E-state index is 0.00501. The summed E-state index contributed by atoms with van der Waals surface area (Å²) in [4.78, 5) is 10.5. The van der Waals surface area contributed by atoms with Crippen molar-refractivity contribution in [2.45, 2.75) is 32.1 Å². The molecule has 2 fully saturated rings. The van der Waals surface area contributed by atoms with Crippen molar-refractivity contribution in [1.82, 2.24) is 4.31 Å². The van der Waals surface area contributed by atoms with Crippen molar-refractivity contribution < 1.29 is 13.3 Å². The second-order valence-corrected chi connectivity index (χ2v) is 8.48. The van der Waals surface area contributed by atoms with Gasteiger partial charge in [-0.2, -0.15) is 0 Å². The fraction of sp³-hybridized carbons (Fsp3) is 0.600. The number of hydrogen-bond donors (Lipinski definition) is 0. The molecule has 7 heteroatoms. The highest BCUT2D eigenvalue weighted by Gasteiger charge is 2.45.